The summed E-state index contributed by atoms with van der Waals surface area (Å²) in [6.07, 6.45) is 4.69. The molecule has 2 unspecified atom stereocenters. The summed E-state index contributed by atoms with van der Waals surface area (Å²) >= 11 is 1.83. The van der Waals surface area contributed by atoms with E-state index in [2.05, 4.69) is 31.6 Å². The van der Waals surface area contributed by atoms with Crippen LogP contribution in [0.5, 0.6) is 0 Å². The molecule has 3 aromatic heterocycles. The molecule has 7 heterocycles. The molecule has 3 aromatic rings. The van der Waals surface area contributed by atoms with E-state index in [1.807, 2.05) is 35.0 Å². The molecule has 7 rings (SSSR count). The molecule has 0 spiro atoms. The normalized spacial score (nSPS) is 21.4. The first-order valence-corrected chi connectivity index (χ1v) is 17.6. The Labute approximate surface area is 285 Å². The van der Waals surface area contributed by atoms with E-state index in [9.17, 15) is 22.8 Å². The Hall–Kier alpha value is -4.26. The van der Waals surface area contributed by atoms with Crippen LogP contribution in [-0.2, 0) is 16.1 Å². The van der Waals surface area contributed by atoms with Crippen molar-refractivity contribution in [2.24, 2.45) is 5.92 Å². The number of hydrogen-bond acceptors (Lipinski definition) is 10. The van der Waals surface area contributed by atoms with Gasteiger partial charge in [0.2, 0.25) is 11.9 Å². The van der Waals surface area contributed by atoms with Crippen LogP contribution in [-0.4, -0.2) is 157 Å². The number of amides is 3. The highest BCUT2D eigenvalue weighted by atomic mass is 32.2. The van der Waals surface area contributed by atoms with Gasteiger partial charge in [-0.2, -0.15) is 35.0 Å². The standard InChI is InChI=1S/C29H38F3N11O2S.CH2O2/c1-46-12-11-37-7-9-38(10-8-37)25(44)19-41-16-21(13-33-41)34-27-35-26-24(3-2-6-42(26)36-27)39-17-22-4-5-23(18-39)43(22)28(45)40-14-20(15-40)29(30,31)32;2-1-3/h2-3,6,13,16,20,22-23H,4-5,7-12,14-15,17-19H2,1H3,(H,34,36);1H,(H,2,3). The first kappa shape index (κ1) is 34.6. The number of urea groups is 1. The summed E-state index contributed by atoms with van der Waals surface area (Å²) in [5.74, 6) is 0.0914. The van der Waals surface area contributed by atoms with Crippen LogP contribution in [0.4, 0.5) is 35.3 Å². The predicted molar refractivity (Wildman–Crippen MR) is 176 cm³/mol. The number of likely N-dealkylation sites (tertiary alicyclic amines) is 1. The van der Waals surface area contributed by atoms with Gasteiger partial charge in [-0.15, -0.1) is 5.10 Å². The van der Waals surface area contributed by atoms with Gasteiger partial charge in [-0.1, -0.05) is 0 Å². The van der Waals surface area contributed by atoms with Crippen LogP contribution in [0.1, 0.15) is 12.8 Å². The Morgan fingerprint density at radius 3 is 2.43 bits per heavy atom. The van der Waals surface area contributed by atoms with E-state index in [0.717, 1.165) is 57.0 Å². The zero-order valence-electron chi connectivity index (χ0n) is 27.1. The molecule has 2 bridgehead atoms. The molecule has 0 aliphatic carbocycles. The molecule has 49 heavy (non-hydrogen) atoms. The number of carbonyl (C=O) groups excluding carboxylic acids is 2. The average molecular weight is 708 g/mol. The van der Waals surface area contributed by atoms with Crippen molar-refractivity contribution < 1.29 is 32.7 Å². The van der Waals surface area contributed by atoms with E-state index < -0.39 is 12.1 Å². The van der Waals surface area contributed by atoms with E-state index in [1.54, 1.807) is 26.5 Å². The second kappa shape index (κ2) is 14.7. The average Bonchev–Trinajstić information content (AvgIpc) is 3.74. The minimum absolute atomic E-state index is 0.0424. The maximum absolute atomic E-state index is 13.1. The Balaban J connectivity index is 0.00000134. The second-order valence-corrected chi connectivity index (χ2v) is 13.6. The van der Waals surface area contributed by atoms with Gasteiger partial charge in [-0.3, -0.25) is 19.2 Å². The third-order valence-corrected chi connectivity index (χ3v) is 10.1. The minimum Gasteiger partial charge on any atom is -0.483 e. The molecule has 266 valence electrons. The second-order valence-electron chi connectivity index (χ2n) is 12.6. The fourth-order valence-electron chi connectivity index (χ4n) is 6.93. The molecule has 2 atom stereocenters. The Morgan fingerprint density at radius 2 is 1.78 bits per heavy atom. The number of carboxylic acid groups (broad SMARTS) is 1. The Morgan fingerprint density at radius 1 is 1.08 bits per heavy atom. The van der Waals surface area contributed by atoms with Crippen molar-refractivity contribution in [2.75, 3.05) is 81.1 Å². The van der Waals surface area contributed by atoms with Gasteiger partial charge in [0.05, 0.1) is 35.6 Å². The molecule has 2 N–H and O–H groups in total. The summed E-state index contributed by atoms with van der Waals surface area (Å²) in [4.78, 5) is 48.7. The van der Waals surface area contributed by atoms with Crippen LogP contribution in [0.25, 0.3) is 5.65 Å². The number of rotatable bonds is 8. The van der Waals surface area contributed by atoms with Crippen LogP contribution in [0.15, 0.2) is 30.7 Å². The fourth-order valence-corrected chi connectivity index (χ4v) is 7.37. The summed E-state index contributed by atoms with van der Waals surface area (Å²) in [5.41, 5.74) is 2.19. The molecule has 0 saturated carbocycles. The Kier molecular flexibility index (Phi) is 10.4. The number of nitrogens with one attached hydrogen (secondary N) is 1. The fraction of sp³-hybridized carbons (Fsp3) is 0.600. The largest absolute Gasteiger partial charge is 0.483 e. The van der Waals surface area contributed by atoms with Crippen molar-refractivity contribution >= 4 is 53.1 Å². The van der Waals surface area contributed by atoms with E-state index in [1.165, 1.54) is 4.90 Å². The van der Waals surface area contributed by atoms with Crippen molar-refractivity contribution in [3.05, 3.63) is 30.7 Å². The number of alkyl halides is 3. The van der Waals surface area contributed by atoms with Gasteiger partial charge >= 0.3 is 12.2 Å². The number of halogens is 3. The van der Waals surface area contributed by atoms with Crippen LogP contribution in [0, 0.1) is 5.92 Å². The zero-order valence-corrected chi connectivity index (χ0v) is 27.9. The molecule has 0 aromatic carbocycles. The highest BCUT2D eigenvalue weighted by Crippen LogP contribution is 2.38. The number of carbonyl (C=O) groups is 3. The molecule has 3 amide bonds. The molecule has 19 heteroatoms. The summed E-state index contributed by atoms with van der Waals surface area (Å²) in [5, 5.41) is 19.0. The van der Waals surface area contributed by atoms with Gasteiger partial charge in [0.15, 0.2) is 5.65 Å². The number of pyridine rings is 1. The number of piperazine rings is 2. The maximum atomic E-state index is 13.1. The van der Waals surface area contributed by atoms with Crippen molar-refractivity contribution in [3.63, 3.8) is 0 Å². The number of aromatic nitrogens is 5. The smallest absolute Gasteiger partial charge is 0.395 e. The van der Waals surface area contributed by atoms with E-state index >= 15 is 0 Å². The van der Waals surface area contributed by atoms with Gasteiger partial charge in [-0.25, -0.2) is 9.31 Å². The van der Waals surface area contributed by atoms with E-state index in [4.69, 9.17) is 14.9 Å². The van der Waals surface area contributed by atoms with Crippen LogP contribution in [0.3, 0.4) is 0 Å². The van der Waals surface area contributed by atoms with Gasteiger partial charge in [0.1, 0.15) is 6.54 Å². The molecule has 4 saturated heterocycles. The van der Waals surface area contributed by atoms with Gasteiger partial charge in [0, 0.05) is 77.0 Å². The lowest BCUT2D eigenvalue weighted by Crippen LogP contribution is -2.64. The van der Waals surface area contributed by atoms with E-state index in [-0.39, 0.29) is 50.1 Å². The van der Waals surface area contributed by atoms with Crippen molar-refractivity contribution in [1.82, 2.24) is 44.0 Å². The molecule has 0 radical (unpaired) electrons. The molecule has 4 fully saturated rings. The lowest BCUT2D eigenvalue weighted by atomic mass is 10.00. The molecule has 4 aliphatic heterocycles. The van der Waals surface area contributed by atoms with Gasteiger partial charge < -0.3 is 30.0 Å². The number of thioether (sulfide) groups is 1. The number of anilines is 3. The first-order chi connectivity index (χ1) is 23.6. The summed E-state index contributed by atoms with van der Waals surface area (Å²) < 4.78 is 42.3. The molecular weight excluding hydrogens is 667 g/mol. The van der Waals surface area contributed by atoms with Gasteiger partial charge in [0.25, 0.3) is 6.47 Å². The topological polar surface area (TPSA) is 148 Å². The monoisotopic (exact) mass is 707 g/mol. The highest BCUT2D eigenvalue weighted by Gasteiger charge is 2.52. The lowest BCUT2D eigenvalue weighted by molar-refractivity contribution is -0.203. The predicted octanol–water partition coefficient (Wildman–Crippen LogP) is 2.14. The van der Waals surface area contributed by atoms with Gasteiger partial charge in [-0.05, 0) is 31.2 Å². The summed E-state index contributed by atoms with van der Waals surface area (Å²) in [6, 6.07) is 3.43. The van der Waals surface area contributed by atoms with Crippen molar-refractivity contribution in [3.8, 4) is 0 Å². The van der Waals surface area contributed by atoms with E-state index in [0.29, 0.717) is 30.4 Å². The first-order valence-electron chi connectivity index (χ1n) is 16.2. The molecule has 15 nitrogen and oxygen atoms in total. The molecular formula is C30H40F3N11O4S. The van der Waals surface area contributed by atoms with Crippen molar-refractivity contribution in [2.45, 2.75) is 37.6 Å². The highest BCUT2D eigenvalue weighted by molar-refractivity contribution is 7.98. The Bertz CT molecular complexity index is 1610. The minimum atomic E-state index is -4.26. The van der Waals surface area contributed by atoms with Crippen LogP contribution < -0.4 is 10.2 Å². The summed E-state index contributed by atoms with van der Waals surface area (Å²) in [6.45, 7) is 4.80. The third kappa shape index (κ3) is 7.66. The number of hydrogen-bond donors (Lipinski definition) is 2. The number of fused-ring (bicyclic) bond motifs is 3. The zero-order chi connectivity index (χ0) is 34.7. The SMILES string of the molecule is CSCCN1CCN(C(=O)Cn2cc(Nc3nc4c(N5CC6CCC(C5)N6C(=O)N5CC(C(F)(F)F)C5)cccn4n3)cn2)CC1.O=CO. The third-order valence-electron chi connectivity index (χ3n) is 9.52. The number of nitrogens with zero attached hydrogens (tertiary/aromatic N) is 10. The van der Waals surface area contributed by atoms with Crippen LogP contribution in [0.2, 0.25) is 0 Å². The lowest BCUT2D eigenvalue weighted by Gasteiger charge is -2.47. The van der Waals surface area contributed by atoms with Crippen molar-refractivity contribution in [1.29, 1.82) is 0 Å². The quantitative estimate of drug-likeness (QED) is 0.332. The molecule has 4 aliphatic rings. The summed E-state index contributed by atoms with van der Waals surface area (Å²) in [7, 11) is 0. The maximum Gasteiger partial charge on any atom is 0.395 e. The van der Waals surface area contributed by atoms with Crippen LogP contribution >= 0.6 is 11.8 Å².